The van der Waals surface area contributed by atoms with E-state index in [-0.39, 0.29) is 0 Å². The number of nitrogens with one attached hydrogen (secondary N) is 1. The standard InChI is InChI=1S/C15H21N3O2/c1-19-11-12-20-10-8-16-13-14-5-2-3-6-15(14)18-9-4-7-17-18/h2-7,9,16H,8,10-13H2,1H3. The van der Waals surface area contributed by atoms with Crippen LogP contribution < -0.4 is 5.32 Å². The summed E-state index contributed by atoms with van der Waals surface area (Å²) in [5, 5.41) is 7.65. The fourth-order valence-corrected chi connectivity index (χ4v) is 1.91. The molecule has 0 spiro atoms. The lowest BCUT2D eigenvalue weighted by Gasteiger charge is -2.10. The average Bonchev–Trinajstić information content (AvgIpc) is 3.01. The minimum absolute atomic E-state index is 0.641. The van der Waals surface area contributed by atoms with E-state index in [0.29, 0.717) is 19.8 Å². The largest absolute Gasteiger partial charge is 0.382 e. The summed E-state index contributed by atoms with van der Waals surface area (Å²) in [6.07, 6.45) is 3.74. The van der Waals surface area contributed by atoms with Crippen LogP contribution in [0.1, 0.15) is 5.56 Å². The number of nitrogens with zero attached hydrogens (tertiary/aromatic N) is 2. The number of ether oxygens (including phenoxy) is 2. The normalized spacial score (nSPS) is 10.8. The first-order chi connectivity index (χ1) is 9.92. The number of benzene rings is 1. The maximum Gasteiger partial charge on any atom is 0.0700 e. The Morgan fingerprint density at radius 2 is 2.05 bits per heavy atom. The van der Waals surface area contributed by atoms with Gasteiger partial charge in [-0.1, -0.05) is 18.2 Å². The summed E-state index contributed by atoms with van der Waals surface area (Å²) >= 11 is 0. The SMILES string of the molecule is COCCOCCNCc1ccccc1-n1cccn1. The van der Waals surface area contributed by atoms with Gasteiger partial charge in [0.2, 0.25) is 0 Å². The second-order valence-electron chi connectivity index (χ2n) is 4.36. The van der Waals surface area contributed by atoms with E-state index in [1.165, 1.54) is 5.56 Å². The minimum atomic E-state index is 0.641. The maximum absolute atomic E-state index is 5.41. The molecule has 0 radical (unpaired) electrons. The van der Waals surface area contributed by atoms with Gasteiger partial charge in [-0.3, -0.25) is 0 Å². The number of methoxy groups -OCH3 is 1. The molecule has 0 amide bonds. The molecule has 5 nitrogen and oxygen atoms in total. The fraction of sp³-hybridized carbons (Fsp3) is 0.400. The third kappa shape index (κ3) is 4.45. The Balaban J connectivity index is 1.79. The van der Waals surface area contributed by atoms with E-state index in [1.54, 1.807) is 13.3 Å². The van der Waals surface area contributed by atoms with Gasteiger partial charge in [0.25, 0.3) is 0 Å². The highest BCUT2D eigenvalue weighted by Crippen LogP contribution is 2.12. The van der Waals surface area contributed by atoms with Crippen molar-refractivity contribution < 1.29 is 9.47 Å². The average molecular weight is 275 g/mol. The first kappa shape index (κ1) is 14.7. The molecule has 0 unspecified atom stereocenters. The lowest BCUT2D eigenvalue weighted by Crippen LogP contribution is -2.21. The topological polar surface area (TPSA) is 48.3 Å². The molecule has 0 aliphatic carbocycles. The quantitative estimate of drug-likeness (QED) is 0.707. The van der Waals surface area contributed by atoms with Crippen LogP contribution in [0.2, 0.25) is 0 Å². The molecular formula is C15H21N3O2. The Morgan fingerprint density at radius 1 is 1.15 bits per heavy atom. The van der Waals surface area contributed by atoms with Crippen molar-refractivity contribution in [2.45, 2.75) is 6.54 Å². The van der Waals surface area contributed by atoms with Gasteiger partial charge in [0.05, 0.1) is 25.5 Å². The Kier molecular flexibility index (Phi) is 6.23. The van der Waals surface area contributed by atoms with E-state index in [2.05, 4.69) is 22.5 Å². The minimum Gasteiger partial charge on any atom is -0.382 e. The molecule has 1 heterocycles. The molecule has 1 aromatic heterocycles. The van der Waals surface area contributed by atoms with Gasteiger partial charge in [-0.15, -0.1) is 0 Å². The second kappa shape index (κ2) is 8.47. The van der Waals surface area contributed by atoms with Crippen LogP contribution in [0.3, 0.4) is 0 Å². The van der Waals surface area contributed by atoms with Crippen molar-refractivity contribution in [3.63, 3.8) is 0 Å². The summed E-state index contributed by atoms with van der Waals surface area (Å²) in [5.74, 6) is 0. The van der Waals surface area contributed by atoms with E-state index < -0.39 is 0 Å². The smallest absolute Gasteiger partial charge is 0.0700 e. The lowest BCUT2D eigenvalue weighted by molar-refractivity contribution is 0.0719. The highest BCUT2D eigenvalue weighted by Gasteiger charge is 2.03. The van der Waals surface area contributed by atoms with Crippen LogP contribution in [0.15, 0.2) is 42.7 Å². The highest BCUT2D eigenvalue weighted by molar-refractivity contribution is 5.40. The van der Waals surface area contributed by atoms with E-state index >= 15 is 0 Å². The van der Waals surface area contributed by atoms with Gasteiger partial charge in [-0.2, -0.15) is 5.10 Å². The summed E-state index contributed by atoms with van der Waals surface area (Å²) < 4.78 is 12.2. The van der Waals surface area contributed by atoms with Gasteiger partial charge in [0, 0.05) is 32.6 Å². The molecule has 0 fully saturated rings. The summed E-state index contributed by atoms with van der Waals surface area (Å²) in [6.45, 7) is 3.58. The van der Waals surface area contributed by atoms with Gasteiger partial charge < -0.3 is 14.8 Å². The van der Waals surface area contributed by atoms with Crippen molar-refractivity contribution in [3.8, 4) is 5.69 Å². The second-order valence-corrected chi connectivity index (χ2v) is 4.36. The predicted octanol–water partition coefficient (Wildman–Crippen LogP) is 1.62. The number of hydrogen-bond donors (Lipinski definition) is 1. The van der Waals surface area contributed by atoms with Crippen LogP contribution in [0.5, 0.6) is 0 Å². The van der Waals surface area contributed by atoms with Gasteiger partial charge in [0.15, 0.2) is 0 Å². The Bertz CT molecular complexity index is 486. The first-order valence-corrected chi connectivity index (χ1v) is 6.77. The van der Waals surface area contributed by atoms with Crippen molar-refractivity contribution in [2.24, 2.45) is 0 Å². The van der Waals surface area contributed by atoms with Crippen molar-refractivity contribution in [2.75, 3.05) is 33.5 Å². The molecule has 0 saturated carbocycles. The molecular weight excluding hydrogens is 254 g/mol. The Labute approximate surface area is 119 Å². The van der Waals surface area contributed by atoms with Crippen LogP contribution in [-0.2, 0) is 16.0 Å². The summed E-state index contributed by atoms with van der Waals surface area (Å²) in [7, 11) is 1.67. The Morgan fingerprint density at radius 3 is 2.85 bits per heavy atom. The Hall–Kier alpha value is -1.69. The summed E-state index contributed by atoms with van der Waals surface area (Å²) in [5.41, 5.74) is 2.32. The van der Waals surface area contributed by atoms with Gasteiger partial charge in [0.1, 0.15) is 0 Å². The van der Waals surface area contributed by atoms with E-state index in [4.69, 9.17) is 9.47 Å². The van der Waals surface area contributed by atoms with Crippen LogP contribution >= 0.6 is 0 Å². The zero-order valence-corrected chi connectivity index (χ0v) is 11.8. The third-order valence-electron chi connectivity index (χ3n) is 2.91. The maximum atomic E-state index is 5.41. The highest BCUT2D eigenvalue weighted by atomic mass is 16.5. The molecule has 20 heavy (non-hydrogen) atoms. The summed E-state index contributed by atoms with van der Waals surface area (Å²) in [4.78, 5) is 0. The number of para-hydroxylation sites is 1. The van der Waals surface area contributed by atoms with Crippen molar-refractivity contribution in [1.82, 2.24) is 15.1 Å². The van der Waals surface area contributed by atoms with Crippen molar-refractivity contribution >= 4 is 0 Å². The molecule has 1 aromatic carbocycles. The first-order valence-electron chi connectivity index (χ1n) is 6.77. The zero-order chi connectivity index (χ0) is 14.0. The number of aromatic nitrogens is 2. The molecule has 108 valence electrons. The van der Waals surface area contributed by atoms with E-state index in [1.807, 2.05) is 29.1 Å². The summed E-state index contributed by atoms with van der Waals surface area (Å²) in [6, 6.07) is 10.2. The molecule has 0 bridgehead atoms. The predicted molar refractivity (Wildman–Crippen MR) is 78.0 cm³/mol. The van der Waals surface area contributed by atoms with Gasteiger partial charge in [-0.25, -0.2) is 4.68 Å². The van der Waals surface area contributed by atoms with Gasteiger partial charge in [-0.05, 0) is 17.7 Å². The molecule has 0 saturated heterocycles. The van der Waals surface area contributed by atoms with E-state index in [9.17, 15) is 0 Å². The molecule has 2 aromatic rings. The van der Waals surface area contributed by atoms with E-state index in [0.717, 1.165) is 18.8 Å². The number of hydrogen-bond acceptors (Lipinski definition) is 4. The van der Waals surface area contributed by atoms with Crippen molar-refractivity contribution in [1.29, 1.82) is 0 Å². The van der Waals surface area contributed by atoms with Crippen LogP contribution in [-0.4, -0.2) is 43.3 Å². The van der Waals surface area contributed by atoms with Gasteiger partial charge >= 0.3 is 0 Å². The molecule has 1 N–H and O–H groups in total. The van der Waals surface area contributed by atoms with Crippen LogP contribution in [0.25, 0.3) is 5.69 Å². The zero-order valence-electron chi connectivity index (χ0n) is 11.8. The molecule has 2 rings (SSSR count). The van der Waals surface area contributed by atoms with Crippen LogP contribution in [0, 0.1) is 0 Å². The molecule has 0 aliphatic heterocycles. The van der Waals surface area contributed by atoms with Crippen LogP contribution in [0.4, 0.5) is 0 Å². The lowest BCUT2D eigenvalue weighted by atomic mass is 10.2. The fourth-order valence-electron chi connectivity index (χ4n) is 1.91. The number of rotatable bonds is 9. The molecule has 5 heteroatoms. The molecule has 0 aliphatic rings. The monoisotopic (exact) mass is 275 g/mol. The molecule has 0 atom stereocenters. The van der Waals surface area contributed by atoms with Crippen molar-refractivity contribution in [3.05, 3.63) is 48.3 Å². The third-order valence-corrected chi connectivity index (χ3v) is 2.91.